The molecule has 38 heavy (non-hydrogen) atoms. The van der Waals surface area contributed by atoms with E-state index in [1.165, 1.54) is 22.2 Å². The van der Waals surface area contributed by atoms with Gasteiger partial charge in [0.15, 0.2) is 0 Å². The monoisotopic (exact) mass is 549 g/mol. The molecule has 0 spiro atoms. The highest BCUT2D eigenvalue weighted by atomic mass is 35.5. The molecule has 5 rings (SSSR count). The molecule has 0 radical (unpaired) electrons. The lowest BCUT2D eigenvalue weighted by Crippen LogP contribution is -2.40. The molecule has 2 atom stereocenters. The molecule has 0 bridgehead atoms. The van der Waals surface area contributed by atoms with Gasteiger partial charge in [-0.2, -0.15) is 10.2 Å². The van der Waals surface area contributed by atoms with Crippen LogP contribution in [0.5, 0.6) is 0 Å². The van der Waals surface area contributed by atoms with Crippen molar-refractivity contribution in [2.24, 2.45) is 22.0 Å². The van der Waals surface area contributed by atoms with Crippen molar-refractivity contribution in [3.8, 4) is 0 Å². The molecular formula is C27H21Cl2N5O4. The van der Waals surface area contributed by atoms with Gasteiger partial charge in [0.2, 0.25) is 0 Å². The minimum Gasteiger partial charge on any atom is -0.272 e. The van der Waals surface area contributed by atoms with Crippen molar-refractivity contribution in [1.82, 2.24) is 0 Å². The van der Waals surface area contributed by atoms with Crippen molar-refractivity contribution in [3.63, 3.8) is 0 Å². The zero-order chi connectivity index (χ0) is 27.1. The molecule has 0 saturated carbocycles. The summed E-state index contributed by atoms with van der Waals surface area (Å²) in [6.45, 7) is 3.47. The number of benzene rings is 3. The van der Waals surface area contributed by atoms with Gasteiger partial charge in [0.05, 0.1) is 28.1 Å². The van der Waals surface area contributed by atoms with Crippen molar-refractivity contribution in [3.05, 3.63) is 98.5 Å². The Morgan fingerprint density at radius 2 is 1.13 bits per heavy atom. The predicted molar refractivity (Wildman–Crippen MR) is 147 cm³/mol. The van der Waals surface area contributed by atoms with E-state index in [0.717, 1.165) is 0 Å². The molecule has 2 aliphatic rings. The fourth-order valence-corrected chi connectivity index (χ4v) is 5.17. The summed E-state index contributed by atoms with van der Waals surface area (Å²) in [4.78, 5) is 38.5. The minimum absolute atomic E-state index is 0.0932. The summed E-state index contributed by atoms with van der Waals surface area (Å²) >= 11 is 12.0. The number of nitro benzene ring substituents is 1. The van der Waals surface area contributed by atoms with Gasteiger partial charge in [-0.1, -0.05) is 35.3 Å². The summed E-state index contributed by atoms with van der Waals surface area (Å²) < 4.78 is 0. The average Bonchev–Trinajstić information content (AvgIpc) is 3.36. The topological polar surface area (TPSA) is 108 Å². The number of carbonyl (C=O) groups excluding carboxylic acids is 2. The zero-order valence-electron chi connectivity index (χ0n) is 20.3. The van der Waals surface area contributed by atoms with Crippen LogP contribution < -0.4 is 10.0 Å². The number of non-ortho nitro benzene ring substituents is 1. The van der Waals surface area contributed by atoms with Crippen molar-refractivity contribution < 1.29 is 14.5 Å². The van der Waals surface area contributed by atoms with Crippen molar-refractivity contribution >= 4 is 63.5 Å². The fourth-order valence-electron chi connectivity index (χ4n) is 4.92. The summed E-state index contributed by atoms with van der Waals surface area (Å²) in [6, 6.07) is 19.3. The lowest BCUT2D eigenvalue weighted by molar-refractivity contribution is -0.384. The van der Waals surface area contributed by atoms with E-state index in [2.05, 4.69) is 10.2 Å². The maximum absolute atomic E-state index is 13.8. The number of anilines is 2. The van der Waals surface area contributed by atoms with Gasteiger partial charge >= 0.3 is 0 Å². The van der Waals surface area contributed by atoms with Crippen LogP contribution in [0.2, 0.25) is 10.0 Å². The average molecular weight is 550 g/mol. The Kier molecular flexibility index (Phi) is 6.73. The van der Waals surface area contributed by atoms with Crippen molar-refractivity contribution in [1.29, 1.82) is 0 Å². The molecule has 192 valence electrons. The third kappa shape index (κ3) is 4.55. The lowest BCUT2D eigenvalue weighted by Gasteiger charge is -2.28. The van der Waals surface area contributed by atoms with Crippen LogP contribution in [-0.2, 0) is 9.59 Å². The largest absolute Gasteiger partial charge is 0.272 e. The van der Waals surface area contributed by atoms with Crippen molar-refractivity contribution in [2.75, 3.05) is 10.0 Å². The van der Waals surface area contributed by atoms with E-state index in [4.69, 9.17) is 23.2 Å². The van der Waals surface area contributed by atoms with Crippen LogP contribution in [0.3, 0.4) is 0 Å². The molecule has 0 fully saturated rings. The molecular weight excluding hydrogens is 529 g/mol. The van der Waals surface area contributed by atoms with Gasteiger partial charge in [0.25, 0.3) is 17.5 Å². The quantitative estimate of drug-likeness (QED) is 0.274. The number of halogens is 2. The van der Waals surface area contributed by atoms with Crippen LogP contribution in [0.4, 0.5) is 17.1 Å². The Hall–Kier alpha value is -4.08. The molecule has 0 N–H and O–H groups in total. The minimum atomic E-state index is -0.809. The molecule has 9 nitrogen and oxygen atoms in total. The second-order valence-corrected chi connectivity index (χ2v) is 9.94. The van der Waals surface area contributed by atoms with Gasteiger partial charge in [-0.3, -0.25) is 19.7 Å². The number of nitrogens with zero attached hydrogens (tertiary/aromatic N) is 5. The number of hydrogen-bond acceptors (Lipinski definition) is 6. The van der Waals surface area contributed by atoms with Crippen molar-refractivity contribution in [2.45, 2.75) is 19.8 Å². The first-order chi connectivity index (χ1) is 18.2. The van der Waals surface area contributed by atoms with Crippen LogP contribution in [-0.4, -0.2) is 28.2 Å². The van der Waals surface area contributed by atoms with Crippen LogP contribution in [0.25, 0.3) is 0 Å². The fraction of sp³-hybridized carbons (Fsp3) is 0.185. The zero-order valence-corrected chi connectivity index (χ0v) is 21.8. The SMILES string of the molecule is CC1=NN(c2ccc(Cl)cc2)C(=O)C1C(c1ccc([N+](=O)[O-])cc1)C1C(=O)N(c2ccc(Cl)cc2)N=C1C. The molecule has 11 heteroatoms. The first-order valence-corrected chi connectivity index (χ1v) is 12.4. The number of nitro groups is 1. The number of carbonyl (C=O) groups is 2. The smallest absolute Gasteiger partial charge is 0.269 e. The third-order valence-corrected chi connectivity index (χ3v) is 7.22. The first-order valence-electron chi connectivity index (χ1n) is 11.7. The molecule has 3 aromatic carbocycles. The number of hydrazone groups is 2. The Morgan fingerprint density at radius 3 is 1.50 bits per heavy atom. The van der Waals surface area contributed by atoms with Crippen LogP contribution in [0.15, 0.2) is 83.0 Å². The van der Waals surface area contributed by atoms with Crippen LogP contribution in [0.1, 0.15) is 25.3 Å². The van der Waals surface area contributed by atoms with E-state index in [9.17, 15) is 19.7 Å². The molecule has 3 aromatic rings. The van der Waals surface area contributed by atoms with E-state index in [1.54, 1.807) is 74.5 Å². The molecule has 0 saturated heterocycles. The summed E-state index contributed by atoms with van der Waals surface area (Å²) in [5.41, 5.74) is 2.60. The Morgan fingerprint density at radius 1 is 0.737 bits per heavy atom. The van der Waals surface area contributed by atoms with Gasteiger partial charge in [-0.05, 0) is 67.9 Å². The van der Waals surface area contributed by atoms with E-state index < -0.39 is 22.7 Å². The Balaban J connectivity index is 1.57. The third-order valence-electron chi connectivity index (χ3n) is 6.71. The van der Waals surface area contributed by atoms with Crippen LogP contribution in [0, 0.1) is 22.0 Å². The van der Waals surface area contributed by atoms with E-state index >= 15 is 0 Å². The highest BCUT2D eigenvalue weighted by Crippen LogP contribution is 2.43. The van der Waals surface area contributed by atoms with Crippen LogP contribution >= 0.6 is 23.2 Å². The molecule has 2 amide bonds. The maximum atomic E-state index is 13.8. The van der Waals surface area contributed by atoms with E-state index in [0.29, 0.717) is 38.4 Å². The van der Waals surface area contributed by atoms with Gasteiger partial charge in [0, 0.05) is 39.5 Å². The second-order valence-electron chi connectivity index (χ2n) is 9.07. The van der Waals surface area contributed by atoms with Gasteiger partial charge < -0.3 is 0 Å². The van der Waals surface area contributed by atoms with Gasteiger partial charge in [-0.25, -0.2) is 10.0 Å². The summed E-state index contributed by atoms with van der Waals surface area (Å²) in [6.07, 6.45) is 0. The normalized spacial score (nSPS) is 20.0. The molecule has 0 aromatic heterocycles. The molecule has 2 unspecified atom stereocenters. The standard InChI is InChI=1S/C27H21Cl2N5O4/c1-15-23(26(35)32(30-15)20-11-5-18(28)6-12-20)25(17-3-9-22(10-4-17)34(37)38)24-16(2)31-33(27(24)36)21-13-7-19(29)8-14-21/h3-14,23-25H,1-2H3. The number of amides is 2. The summed E-state index contributed by atoms with van der Waals surface area (Å²) in [7, 11) is 0. The highest BCUT2D eigenvalue weighted by Gasteiger charge is 2.50. The Labute approximate surface area is 228 Å². The van der Waals surface area contributed by atoms with E-state index in [1.807, 2.05) is 0 Å². The highest BCUT2D eigenvalue weighted by molar-refractivity contribution is 6.31. The van der Waals surface area contributed by atoms with Gasteiger partial charge in [0.1, 0.15) is 0 Å². The molecule has 0 aliphatic carbocycles. The van der Waals surface area contributed by atoms with E-state index in [-0.39, 0.29) is 17.5 Å². The predicted octanol–water partition coefficient (Wildman–Crippen LogP) is 6.06. The summed E-state index contributed by atoms with van der Waals surface area (Å²) in [5.74, 6) is -2.97. The lowest BCUT2D eigenvalue weighted by atomic mass is 9.73. The number of hydrogen-bond donors (Lipinski definition) is 0. The first kappa shape index (κ1) is 25.6. The maximum Gasteiger partial charge on any atom is 0.269 e. The summed E-state index contributed by atoms with van der Waals surface area (Å²) in [5, 5.41) is 24.0. The molecule has 2 heterocycles. The second kappa shape index (κ2) is 10.00. The molecule has 2 aliphatic heterocycles. The number of rotatable bonds is 6. The Bertz CT molecular complexity index is 1400. The van der Waals surface area contributed by atoms with Gasteiger partial charge in [-0.15, -0.1) is 0 Å².